The van der Waals surface area contributed by atoms with E-state index in [9.17, 15) is 9.59 Å². The second kappa shape index (κ2) is 11.3. The minimum Gasteiger partial charge on any atom is -0.350 e. The van der Waals surface area contributed by atoms with Crippen LogP contribution in [0.3, 0.4) is 0 Å². The molecule has 3 aromatic rings. The van der Waals surface area contributed by atoms with Gasteiger partial charge in [-0.1, -0.05) is 72.3 Å². The monoisotopic (exact) mass is 457 g/mol. The number of carbonyl (C=O) groups is 2. The quantitative estimate of drug-likeness (QED) is 0.473. The molecule has 2 amide bonds. The molecule has 5 nitrogen and oxygen atoms in total. The summed E-state index contributed by atoms with van der Waals surface area (Å²) < 4.78 is 0. The summed E-state index contributed by atoms with van der Waals surface area (Å²) in [5, 5.41) is 8.40. The summed E-state index contributed by atoms with van der Waals surface area (Å²) >= 11 is 0. The number of benzene rings is 3. The Bertz CT molecular complexity index is 1120. The van der Waals surface area contributed by atoms with E-state index in [-0.39, 0.29) is 17.7 Å². The Labute approximate surface area is 202 Å². The molecule has 3 aromatic carbocycles. The summed E-state index contributed by atoms with van der Waals surface area (Å²) in [6.07, 6.45) is 4.07. The van der Waals surface area contributed by atoms with Crippen molar-refractivity contribution >= 4 is 22.6 Å². The molecule has 4 N–H and O–H groups in total. The number of hydrogen-bond acceptors (Lipinski definition) is 3. The molecule has 0 saturated heterocycles. The number of rotatable bonds is 8. The number of nitrogens with one attached hydrogen (secondary N) is 2. The minimum atomic E-state index is -0.619. The van der Waals surface area contributed by atoms with Crippen molar-refractivity contribution in [3.05, 3.63) is 83.4 Å². The van der Waals surface area contributed by atoms with Crippen LogP contribution in [0, 0.1) is 18.8 Å². The van der Waals surface area contributed by atoms with E-state index >= 15 is 0 Å². The van der Waals surface area contributed by atoms with Gasteiger partial charge in [0.2, 0.25) is 11.8 Å². The number of aryl methyl sites for hydroxylation is 1. The molecule has 0 aromatic heterocycles. The Hall–Kier alpha value is -3.18. The highest BCUT2D eigenvalue weighted by Gasteiger charge is 2.29. The van der Waals surface area contributed by atoms with Gasteiger partial charge in [-0.2, -0.15) is 0 Å². The lowest BCUT2D eigenvalue weighted by Gasteiger charge is -2.28. The predicted octanol–water partition coefficient (Wildman–Crippen LogP) is 4.26. The third-order valence-corrected chi connectivity index (χ3v) is 7.02. The SMILES string of the molecule is Cc1ccc(CNC(=O)C(Cc2ccc3ccccc3c2)NC(=O)C2CCC(CN)CC2)cc1. The molecule has 4 rings (SSSR count). The first-order chi connectivity index (χ1) is 16.5. The topological polar surface area (TPSA) is 84.2 Å². The van der Waals surface area contributed by atoms with E-state index in [0.29, 0.717) is 25.4 Å². The first-order valence-electron chi connectivity index (χ1n) is 12.3. The predicted molar refractivity (Wildman–Crippen MR) is 137 cm³/mol. The van der Waals surface area contributed by atoms with Crippen molar-refractivity contribution in [2.45, 2.75) is 51.6 Å². The molecule has 0 bridgehead atoms. The van der Waals surface area contributed by atoms with Crippen molar-refractivity contribution < 1.29 is 9.59 Å². The van der Waals surface area contributed by atoms with E-state index in [1.165, 1.54) is 5.56 Å². The third-order valence-electron chi connectivity index (χ3n) is 7.02. The molecule has 178 valence electrons. The van der Waals surface area contributed by atoms with Gasteiger partial charge in [0, 0.05) is 18.9 Å². The van der Waals surface area contributed by atoms with Crippen LogP contribution in [0.15, 0.2) is 66.7 Å². The van der Waals surface area contributed by atoms with Crippen LogP contribution < -0.4 is 16.4 Å². The van der Waals surface area contributed by atoms with Gasteiger partial charge >= 0.3 is 0 Å². The molecule has 1 aliphatic carbocycles. The van der Waals surface area contributed by atoms with Crippen molar-refractivity contribution in [2.75, 3.05) is 6.54 Å². The van der Waals surface area contributed by atoms with Gasteiger partial charge in [-0.3, -0.25) is 9.59 Å². The van der Waals surface area contributed by atoms with Crippen molar-refractivity contribution in [1.29, 1.82) is 0 Å². The van der Waals surface area contributed by atoms with Crippen molar-refractivity contribution in [2.24, 2.45) is 17.6 Å². The summed E-state index contributed by atoms with van der Waals surface area (Å²) in [7, 11) is 0. The van der Waals surface area contributed by atoms with E-state index in [1.54, 1.807) is 0 Å². The lowest BCUT2D eigenvalue weighted by molar-refractivity contribution is -0.132. The molecule has 1 saturated carbocycles. The Balaban J connectivity index is 1.46. The number of amides is 2. The number of carbonyl (C=O) groups excluding carboxylic acids is 2. The van der Waals surface area contributed by atoms with Gasteiger partial charge in [0.15, 0.2) is 0 Å². The van der Waals surface area contributed by atoms with Gasteiger partial charge in [-0.25, -0.2) is 0 Å². The van der Waals surface area contributed by atoms with E-state index in [1.807, 2.05) is 49.4 Å². The van der Waals surface area contributed by atoms with Gasteiger partial charge in [0.25, 0.3) is 0 Å². The summed E-state index contributed by atoms with van der Waals surface area (Å²) in [5.41, 5.74) is 9.05. The number of fused-ring (bicyclic) bond motifs is 1. The molecule has 0 aliphatic heterocycles. The van der Waals surface area contributed by atoms with E-state index < -0.39 is 6.04 Å². The smallest absolute Gasteiger partial charge is 0.243 e. The van der Waals surface area contributed by atoms with E-state index in [2.05, 4.69) is 34.9 Å². The molecular formula is C29H35N3O2. The fourth-order valence-electron chi connectivity index (χ4n) is 4.78. The highest BCUT2D eigenvalue weighted by Crippen LogP contribution is 2.28. The molecule has 5 heteroatoms. The van der Waals surface area contributed by atoms with E-state index in [4.69, 9.17) is 5.73 Å². The zero-order chi connectivity index (χ0) is 23.9. The van der Waals surface area contributed by atoms with Gasteiger partial charge in [0.05, 0.1) is 0 Å². The van der Waals surface area contributed by atoms with Crippen LogP contribution in [0.25, 0.3) is 10.8 Å². The number of hydrogen-bond donors (Lipinski definition) is 3. The first-order valence-corrected chi connectivity index (χ1v) is 12.3. The van der Waals surface area contributed by atoms with Gasteiger partial charge in [0.1, 0.15) is 6.04 Å². The molecule has 34 heavy (non-hydrogen) atoms. The summed E-state index contributed by atoms with van der Waals surface area (Å²) in [6.45, 7) is 3.16. The molecule has 1 unspecified atom stereocenters. The van der Waals surface area contributed by atoms with Gasteiger partial charge in [-0.15, -0.1) is 0 Å². The average molecular weight is 458 g/mol. The van der Waals surface area contributed by atoms with Crippen LogP contribution in [0.2, 0.25) is 0 Å². The second-order valence-electron chi connectivity index (χ2n) is 9.60. The van der Waals surface area contributed by atoms with Crippen molar-refractivity contribution in [1.82, 2.24) is 10.6 Å². The summed E-state index contributed by atoms with van der Waals surface area (Å²) in [5.74, 6) is 0.284. The van der Waals surface area contributed by atoms with Crippen molar-refractivity contribution in [3.63, 3.8) is 0 Å². The fourth-order valence-corrected chi connectivity index (χ4v) is 4.78. The van der Waals surface area contributed by atoms with Crippen LogP contribution in [0.5, 0.6) is 0 Å². The molecule has 0 spiro atoms. The van der Waals surface area contributed by atoms with Crippen LogP contribution in [0.4, 0.5) is 0 Å². The first kappa shape index (κ1) is 24.0. The lowest BCUT2D eigenvalue weighted by atomic mass is 9.81. The largest absolute Gasteiger partial charge is 0.350 e. The summed E-state index contributed by atoms with van der Waals surface area (Å²) in [6, 6.07) is 21.9. The van der Waals surface area contributed by atoms with Crippen LogP contribution in [-0.4, -0.2) is 24.4 Å². The molecule has 1 fully saturated rings. The minimum absolute atomic E-state index is 0.0215. The average Bonchev–Trinajstić information content (AvgIpc) is 2.87. The second-order valence-corrected chi connectivity index (χ2v) is 9.60. The maximum Gasteiger partial charge on any atom is 0.243 e. The zero-order valence-corrected chi connectivity index (χ0v) is 19.9. The highest BCUT2D eigenvalue weighted by molar-refractivity contribution is 5.89. The van der Waals surface area contributed by atoms with Crippen LogP contribution >= 0.6 is 0 Å². The molecule has 0 heterocycles. The van der Waals surface area contributed by atoms with Crippen LogP contribution in [0.1, 0.15) is 42.4 Å². The Kier molecular flexibility index (Phi) is 7.96. The Morgan fingerprint density at radius 3 is 2.29 bits per heavy atom. The maximum absolute atomic E-state index is 13.2. The summed E-state index contributed by atoms with van der Waals surface area (Å²) in [4.78, 5) is 26.3. The Morgan fingerprint density at radius 2 is 1.59 bits per heavy atom. The molecule has 1 atom stereocenters. The molecule has 0 radical (unpaired) electrons. The van der Waals surface area contributed by atoms with E-state index in [0.717, 1.165) is 47.6 Å². The van der Waals surface area contributed by atoms with Gasteiger partial charge in [-0.05, 0) is 67.0 Å². The zero-order valence-electron chi connectivity index (χ0n) is 19.9. The fraction of sp³-hybridized carbons (Fsp3) is 0.379. The van der Waals surface area contributed by atoms with Crippen molar-refractivity contribution in [3.8, 4) is 0 Å². The maximum atomic E-state index is 13.2. The molecular weight excluding hydrogens is 422 g/mol. The van der Waals surface area contributed by atoms with Crippen LogP contribution in [-0.2, 0) is 22.6 Å². The Morgan fingerprint density at radius 1 is 0.912 bits per heavy atom. The lowest BCUT2D eigenvalue weighted by Crippen LogP contribution is -2.50. The number of nitrogens with two attached hydrogens (primary N) is 1. The highest BCUT2D eigenvalue weighted by atomic mass is 16.2. The normalized spacial score (nSPS) is 18.9. The standard InChI is InChI=1S/C29H35N3O2/c1-20-6-8-22(9-7-20)19-31-29(34)27(32-28(33)25-14-10-21(18-30)11-15-25)17-23-12-13-24-4-2-3-5-26(24)16-23/h2-9,12-13,16,21,25,27H,10-11,14-15,17-19,30H2,1H3,(H,31,34)(H,32,33). The van der Waals surface area contributed by atoms with Gasteiger partial charge < -0.3 is 16.4 Å². The molecule has 1 aliphatic rings. The third kappa shape index (κ3) is 6.23.